The monoisotopic (exact) mass is 219 g/mol. The number of likely N-dealkylation sites (N-methyl/N-ethyl adjacent to an activating group) is 1. The lowest BCUT2D eigenvalue weighted by atomic mass is 10.1. The van der Waals surface area contributed by atoms with E-state index in [0.29, 0.717) is 6.04 Å². The molecule has 1 unspecified atom stereocenters. The lowest BCUT2D eigenvalue weighted by Gasteiger charge is -2.17. The van der Waals surface area contributed by atoms with E-state index in [1.807, 2.05) is 7.05 Å². The number of nitrogens with one attached hydrogen (secondary N) is 1. The summed E-state index contributed by atoms with van der Waals surface area (Å²) in [6, 6.07) is 6.75. The molecule has 1 aromatic rings. The predicted octanol–water partition coefficient (Wildman–Crippen LogP) is 2.68. The molecule has 0 radical (unpaired) electrons. The average molecular weight is 219 g/mol. The minimum absolute atomic E-state index is 0.514. The Morgan fingerprint density at radius 3 is 2.75 bits per heavy atom. The molecule has 0 heterocycles. The fraction of sp³-hybridized carbons (Fsp3) is 0.571. The Labute approximate surface area is 98.0 Å². The van der Waals surface area contributed by atoms with Gasteiger partial charge in [0.2, 0.25) is 0 Å². The van der Waals surface area contributed by atoms with Gasteiger partial charge in [0, 0.05) is 6.04 Å². The second kappa shape index (κ2) is 4.88. The highest BCUT2D eigenvalue weighted by atomic mass is 16.5. The van der Waals surface area contributed by atoms with Crippen LogP contribution >= 0.6 is 0 Å². The summed E-state index contributed by atoms with van der Waals surface area (Å²) in [5.41, 5.74) is 2.55. The zero-order chi connectivity index (χ0) is 11.5. The first-order chi connectivity index (χ1) is 7.72. The van der Waals surface area contributed by atoms with Gasteiger partial charge in [-0.1, -0.05) is 12.1 Å². The Morgan fingerprint density at radius 1 is 1.38 bits per heavy atom. The van der Waals surface area contributed by atoms with Crippen LogP contribution in [0.1, 0.15) is 24.0 Å². The summed E-state index contributed by atoms with van der Waals surface area (Å²) >= 11 is 0. The van der Waals surface area contributed by atoms with Gasteiger partial charge in [0.1, 0.15) is 12.4 Å². The van der Waals surface area contributed by atoms with E-state index in [0.717, 1.165) is 18.3 Å². The quantitative estimate of drug-likeness (QED) is 0.822. The van der Waals surface area contributed by atoms with Gasteiger partial charge in [-0.05, 0) is 56.8 Å². The summed E-state index contributed by atoms with van der Waals surface area (Å²) in [5.74, 6) is 1.86. The first-order valence-corrected chi connectivity index (χ1v) is 6.08. The standard InChI is InChI=1S/C14H21NO/c1-10-5-4-6-14(11(10)2)16-9-13(15-3)12-7-8-12/h4-6,12-13,15H,7-9H2,1-3H3. The number of benzene rings is 1. The van der Waals surface area contributed by atoms with Crippen LogP contribution in [0.4, 0.5) is 0 Å². The van der Waals surface area contributed by atoms with Gasteiger partial charge in [0.05, 0.1) is 0 Å². The van der Waals surface area contributed by atoms with E-state index in [1.54, 1.807) is 0 Å². The molecule has 0 amide bonds. The number of ether oxygens (including phenoxy) is 1. The van der Waals surface area contributed by atoms with Crippen LogP contribution in [0.3, 0.4) is 0 Å². The first-order valence-electron chi connectivity index (χ1n) is 6.08. The minimum Gasteiger partial charge on any atom is -0.492 e. The molecule has 1 N–H and O–H groups in total. The molecule has 2 heteroatoms. The first kappa shape index (κ1) is 11.5. The molecule has 0 aromatic heterocycles. The molecule has 2 rings (SSSR count). The molecular formula is C14H21NO. The molecule has 1 atom stereocenters. The molecule has 1 saturated carbocycles. The van der Waals surface area contributed by atoms with E-state index in [-0.39, 0.29) is 0 Å². The van der Waals surface area contributed by atoms with Crippen molar-refractivity contribution >= 4 is 0 Å². The molecular weight excluding hydrogens is 198 g/mol. The Morgan fingerprint density at radius 2 is 2.12 bits per heavy atom. The van der Waals surface area contributed by atoms with Crippen molar-refractivity contribution in [3.63, 3.8) is 0 Å². The summed E-state index contributed by atoms with van der Waals surface area (Å²) in [4.78, 5) is 0. The third kappa shape index (κ3) is 2.56. The smallest absolute Gasteiger partial charge is 0.122 e. The maximum Gasteiger partial charge on any atom is 0.122 e. The van der Waals surface area contributed by atoms with Crippen molar-refractivity contribution in [2.45, 2.75) is 32.7 Å². The predicted molar refractivity (Wildman–Crippen MR) is 67.0 cm³/mol. The Balaban J connectivity index is 1.95. The van der Waals surface area contributed by atoms with E-state index in [1.165, 1.54) is 24.0 Å². The summed E-state index contributed by atoms with van der Waals surface area (Å²) in [5, 5.41) is 3.34. The van der Waals surface area contributed by atoms with Gasteiger partial charge in [-0.15, -0.1) is 0 Å². The molecule has 1 aliphatic rings. The normalized spacial score (nSPS) is 17.2. The second-order valence-corrected chi connectivity index (χ2v) is 4.74. The summed E-state index contributed by atoms with van der Waals surface area (Å²) in [7, 11) is 2.02. The molecule has 88 valence electrons. The van der Waals surface area contributed by atoms with E-state index in [4.69, 9.17) is 4.74 Å². The number of hydrogen-bond acceptors (Lipinski definition) is 2. The van der Waals surface area contributed by atoms with Crippen molar-refractivity contribution < 1.29 is 4.74 Å². The zero-order valence-corrected chi connectivity index (χ0v) is 10.4. The van der Waals surface area contributed by atoms with Crippen LogP contribution in [-0.4, -0.2) is 19.7 Å². The van der Waals surface area contributed by atoms with Crippen LogP contribution in [-0.2, 0) is 0 Å². The molecule has 2 nitrogen and oxygen atoms in total. The molecule has 0 aliphatic heterocycles. The number of rotatable bonds is 5. The second-order valence-electron chi connectivity index (χ2n) is 4.74. The molecule has 1 aliphatic carbocycles. The maximum atomic E-state index is 5.91. The molecule has 1 fully saturated rings. The Hall–Kier alpha value is -1.02. The van der Waals surface area contributed by atoms with Crippen molar-refractivity contribution in [2.24, 2.45) is 5.92 Å². The van der Waals surface area contributed by atoms with E-state index in [2.05, 4.69) is 37.4 Å². The van der Waals surface area contributed by atoms with Gasteiger partial charge in [0.15, 0.2) is 0 Å². The van der Waals surface area contributed by atoms with Crippen LogP contribution in [0.15, 0.2) is 18.2 Å². The van der Waals surface area contributed by atoms with E-state index < -0.39 is 0 Å². The van der Waals surface area contributed by atoms with Crippen LogP contribution in [0.25, 0.3) is 0 Å². The van der Waals surface area contributed by atoms with Crippen molar-refractivity contribution in [1.29, 1.82) is 0 Å². The van der Waals surface area contributed by atoms with E-state index >= 15 is 0 Å². The third-order valence-electron chi connectivity index (χ3n) is 3.54. The van der Waals surface area contributed by atoms with Crippen molar-refractivity contribution in [3.05, 3.63) is 29.3 Å². The topological polar surface area (TPSA) is 21.3 Å². The fourth-order valence-corrected chi connectivity index (χ4v) is 2.01. The highest BCUT2D eigenvalue weighted by Crippen LogP contribution is 2.33. The summed E-state index contributed by atoms with van der Waals surface area (Å²) < 4.78 is 5.91. The van der Waals surface area contributed by atoms with E-state index in [9.17, 15) is 0 Å². The van der Waals surface area contributed by atoms with Crippen LogP contribution in [0.2, 0.25) is 0 Å². The molecule has 0 saturated heterocycles. The van der Waals surface area contributed by atoms with Gasteiger partial charge in [-0.25, -0.2) is 0 Å². The van der Waals surface area contributed by atoms with Crippen molar-refractivity contribution in [3.8, 4) is 5.75 Å². The van der Waals surface area contributed by atoms with Gasteiger partial charge in [-0.2, -0.15) is 0 Å². The van der Waals surface area contributed by atoms with Gasteiger partial charge < -0.3 is 10.1 Å². The molecule has 0 bridgehead atoms. The van der Waals surface area contributed by atoms with Gasteiger partial charge >= 0.3 is 0 Å². The summed E-state index contributed by atoms with van der Waals surface area (Å²) in [6.45, 7) is 5.03. The largest absolute Gasteiger partial charge is 0.492 e. The minimum atomic E-state index is 0.514. The Bertz CT molecular complexity index is 358. The van der Waals surface area contributed by atoms with Crippen LogP contribution < -0.4 is 10.1 Å². The summed E-state index contributed by atoms with van der Waals surface area (Å²) in [6.07, 6.45) is 2.70. The highest BCUT2D eigenvalue weighted by molar-refractivity contribution is 5.38. The van der Waals surface area contributed by atoms with Gasteiger partial charge in [0.25, 0.3) is 0 Å². The lowest BCUT2D eigenvalue weighted by molar-refractivity contribution is 0.255. The zero-order valence-electron chi connectivity index (χ0n) is 10.4. The Kier molecular flexibility index (Phi) is 3.49. The molecule has 1 aromatic carbocycles. The molecule has 16 heavy (non-hydrogen) atoms. The highest BCUT2D eigenvalue weighted by Gasteiger charge is 2.30. The van der Waals surface area contributed by atoms with Crippen molar-refractivity contribution in [1.82, 2.24) is 5.32 Å². The fourth-order valence-electron chi connectivity index (χ4n) is 2.01. The number of aryl methyl sites for hydroxylation is 1. The average Bonchev–Trinajstić information content (AvgIpc) is 3.09. The number of hydrogen-bond donors (Lipinski definition) is 1. The third-order valence-corrected chi connectivity index (χ3v) is 3.54. The maximum absolute atomic E-state index is 5.91. The SMILES string of the molecule is CNC(COc1cccc(C)c1C)C1CC1. The van der Waals surface area contributed by atoms with Crippen LogP contribution in [0.5, 0.6) is 5.75 Å². The van der Waals surface area contributed by atoms with Gasteiger partial charge in [-0.3, -0.25) is 0 Å². The molecule has 0 spiro atoms. The lowest BCUT2D eigenvalue weighted by Crippen LogP contribution is -2.33. The van der Waals surface area contributed by atoms with Crippen molar-refractivity contribution in [2.75, 3.05) is 13.7 Å². The van der Waals surface area contributed by atoms with Crippen LogP contribution in [0, 0.1) is 19.8 Å².